The van der Waals surface area contributed by atoms with Crippen LogP contribution in [0, 0.1) is 0 Å². The molecular formula is C13H18OSi. The van der Waals surface area contributed by atoms with Crippen molar-refractivity contribution in [1.82, 2.24) is 0 Å². The number of benzene rings is 1. The van der Waals surface area contributed by atoms with E-state index in [-0.39, 0.29) is 5.78 Å². The molecule has 0 aliphatic heterocycles. The van der Waals surface area contributed by atoms with Crippen LogP contribution in [0.1, 0.15) is 22.8 Å². The number of carbonyl (C=O) groups is 1. The molecule has 0 heterocycles. The summed E-state index contributed by atoms with van der Waals surface area (Å²) < 4.78 is 0. The first-order valence-corrected chi connectivity index (χ1v) is 8.19. The lowest BCUT2D eigenvalue weighted by atomic mass is 10.1. The van der Waals surface area contributed by atoms with Gasteiger partial charge in [-0.15, -0.1) is 6.58 Å². The van der Waals surface area contributed by atoms with Crippen LogP contribution in [0.15, 0.2) is 30.9 Å². The summed E-state index contributed by atoms with van der Waals surface area (Å²) in [5, 5.41) is 1.28. The maximum Gasteiger partial charge on any atom is 0.159 e. The summed E-state index contributed by atoms with van der Waals surface area (Å²) in [7, 11) is -0.932. The monoisotopic (exact) mass is 218 g/mol. The molecule has 0 amide bonds. The second-order valence-corrected chi connectivity index (χ2v) is 7.06. The molecule has 0 radical (unpaired) electrons. The predicted octanol–water partition coefficient (Wildman–Crippen LogP) is 2.31. The zero-order chi connectivity index (χ0) is 11.4. The van der Waals surface area contributed by atoms with Crippen LogP contribution in [-0.4, -0.2) is 14.6 Å². The third kappa shape index (κ3) is 2.90. The summed E-state index contributed by atoms with van der Waals surface area (Å²) >= 11 is 0. The molecule has 2 heteroatoms. The van der Waals surface area contributed by atoms with Gasteiger partial charge in [-0.25, -0.2) is 0 Å². The van der Waals surface area contributed by atoms with Gasteiger partial charge in [0.05, 0.1) is 8.80 Å². The minimum Gasteiger partial charge on any atom is -0.295 e. The van der Waals surface area contributed by atoms with Crippen LogP contribution in [0.4, 0.5) is 0 Å². The molecule has 0 spiro atoms. The van der Waals surface area contributed by atoms with Gasteiger partial charge in [-0.2, -0.15) is 0 Å². The molecule has 0 bridgehead atoms. The second-order valence-electron chi connectivity index (χ2n) is 4.13. The number of allylic oxidation sites excluding steroid dienone is 1. The fraction of sp³-hybridized carbons (Fsp3) is 0.308. The van der Waals surface area contributed by atoms with Crippen molar-refractivity contribution in [1.29, 1.82) is 0 Å². The Morgan fingerprint density at radius 2 is 2.13 bits per heavy atom. The molecule has 80 valence electrons. The summed E-state index contributed by atoms with van der Waals surface area (Å²) in [4.78, 5) is 11.4. The van der Waals surface area contributed by atoms with Crippen molar-refractivity contribution < 1.29 is 4.79 Å². The quantitative estimate of drug-likeness (QED) is 0.430. The highest BCUT2D eigenvalue weighted by Gasteiger charge is 2.11. The van der Waals surface area contributed by atoms with E-state index in [1.807, 2.05) is 18.2 Å². The van der Waals surface area contributed by atoms with E-state index in [0.717, 1.165) is 12.0 Å². The Kier molecular flexibility index (Phi) is 4.03. The highest BCUT2D eigenvalue weighted by molar-refractivity contribution is 6.72. The van der Waals surface area contributed by atoms with Crippen molar-refractivity contribution in [3.63, 3.8) is 0 Å². The minimum absolute atomic E-state index is 0.177. The summed E-state index contributed by atoms with van der Waals surface area (Å²) in [6.07, 6.45) is 2.78. The Morgan fingerprint density at radius 3 is 2.60 bits per heavy atom. The summed E-state index contributed by atoms with van der Waals surface area (Å²) in [6, 6.07) is 6.16. The molecule has 0 fully saturated rings. The van der Waals surface area contributed by atoms with Gasteiger partial charge >= 0.3 is 0 Å². The highest BCUT2D eigenvalue weighted by Crippen LogP contribution is 2.06. The first-order valence-electron chi connectivity index (χ1n) is 5.31. The molecule has 0 aliphatic rings. The van der Waals surface area contributed by atoms with E-state index in [1.54, 1.807) is 6.92 Å². The topological polar surface area (TPSA) is 17.1 Å². The van der Waals surface area contributed by atoms with Gasteiger partial charge in [0.25, 0.3) is 0 Å². The van der Waals surface area contributed by atoms with Crippen LogP contribution in [-0.2, 0) is 6.42 Å². The van der Waals surface area contributed by atoms with Gasteiger partial charge in [0.15, 0.2) is 5.78 Å². The van der Waals surface area contributed by atoms with Crippen LogP contribution in [0.25, 0.3) is 0 Å². The van der Waals surface area contributed by atoms with Crippen LogP contribution in [0.5, 0.6) is 0 Å². The third-order valence-electron chi connectivity index (χ3n) is 2.50. The van der Waals surface area contributed by atoms with E-state index in [1.165, 1.54) is 10.8 Å². The molecule has 0 aromatic heterocycles. The van der Waals surface area contributed by atoms with E-state index >= 15 is 0 Å². The molecule has 0 atom stereocenters. The van der Waals surface area contributed by atoms with Crippen LogP contribution in [0.3, 0.4) is 0 Å². The summed E-state index contributed by atoms with van der Waals surface area (Å²) in [6.45, 7) is 9.87. The van der Waals surface area contributed by atoms with Crippen molar-refractivity contribution >= 4 is 19.8 Å². The smallest absolute Gasteiger partial charge is 0.159 e. The molecule has 0 aliphatic carbocycles. The SMILES string of the molecule is C=CCc1ccc(C(C)=O)c([SiH](C)C)c1. The van der Waals surface area contributed by atoms with E-state index in [4.69, 9.17) is 0 Å². The Balaban J connectivity index is 3.20. The van der Waals surface area contributed by atoms with Crippen molar-refractivity contribution in [3.8, 4) is 0 Å². The number of hydrogen-bond donors (Lipinski definition) is 0. The van der Waals surface area contributed by atoms with Crippen molar-refractivity contribution in [2.75, 3.05) is 0 Å². The fourth-order valence-corrected chi connectivity index (χ4v) is 3.17. The molecule has 0 saturated heterocycles. The van der Waals surface area contributed by atoms with Crippen LogP contribution >= 0.6 is 0 Å². The van der Waals surface area contributed by atoms with Gasteiger partial charge in [0, 0.05) is 5.56 Å². The maximum absolute atomic E-state index is 11.4. The number of hydrogen-bond acceptors (Lipinski definition) is 1. The molecule has 0 N–H and O–H groups in total. The average molecular weight is 218 g/mol. The average Bonchev–Trinajstić information content (AvgIpc) is 2.17. The molecule has 0 unspecified atom stereocenters. The number of Topliss-reactive ketones (excluding diaryl/α,β-unsaturated/α-hetero) is 1. The molecule has 1 nitrogen and oxygen atoms in total. The van der Waals surface area contributed by atoms with Gasteiger partial charge in [-0.1, -0.05) is 42.6 Å². The molecule has 1 aromatic rings. The standard InChI is InChI=1S/C13H18OSi/c1-5-6-11-7-8-12(10(2)14)13(9-11)15(3)4/h5,7-9,15H,1,6H2,2-4H3. The summed E-state index contributed by atoms with van der Waals surface area (Å²) in [5.41, 5.74) is 2.16. The Hall–Kier alpha value is -1.15. The lowest BCUT2D eigenvalue weighted by Gasteiger charge is -2.11. The van der Waals surface area contributed by atoms with Crippen LogP contribution in [0.2, 0.25) is 13.1 Å². The molecule has 0 saturated carbocycles. The largest absolute Gasteiger partial charge is 0.295 e. The first kappa shape index (κ1) is 11.9. The Morgan fingerprint density at radius 1 is 1.47 bits per heavy atom. The maximum atomic E-state index is 11.4. The van der Waals surface area contributed by atoms with Crippen molar-refractivity contribution in [2.45, 2.75) is 26.4 Å². The minimum atomic E-state index is -0.932. The fourth-order valence-electron chi connectivity index (χ4n) is 1.70. The normalized spacial score (nSPS) is 10.4. The van der Waals surface area contributed by atoms with Gasteiger partial charge in [0.1, 0.15) is 0 Å². The molecular weight excluding hydrogens is 200 g/mol. The van der Waals surface area contributed by atoms with Gasteiger partial charge < -0.3 is 0 Å². The highest BCUT2D eigenvalue weighted by atomic mass is 28.3. The van der Waals surface area contributed by atoms with E-state index in [2.05, 4.69) is 25.7 Å². The van der Waals surface area contributed by atoms with Crippen molar-refractivity contribution in [2.24, 2.45) is 0 Å². The van der Waals surface area contributed by atoms with Gasteiger partial charge in [-0.3, -0.25) is 4.79 Å². The third-order valence-corrected chi connectivity index (χ3v) is 4.22. The zero-order valence-corrected chi connectivity index (χ0v) is 10.9. The number of ketones is 1. The molecule has 1 rings (SSSR count). The van der Waals surface area contributed by atoms with Crippen LogP contribution < -0.4 is 5.19 Å². The lowest BCUT2D eigenvalue weighted by molar-refractivity contribution is 0.101. The Bertz CT molecular complexity index is 380. The number of rotatable bonds is 4. The van der Waals surface area contributed by atoms with Crippen molar-refractivity contribution in [3.05, 3.63) is 42.0 Å². The molecule has 15 heavy (non-hydrogen) atoms. The van der Waals surface area contributed by atoms with E-state index in [9.17, 15) is 4.79 Å². The summed E-state index contributed by atoms with van der Waals surface area (Å²) in [5.74, 6) is 0.177. The van der Waals surface area contributed by atoms with E-state index in [0.29, 0.717) is 0 Å². The van der Waals surface area contributed by atoms with E-state index < -0.39 is 8.80 Å². The van der Waals surface area contributed by atoms with Gasteiger partial charge in [0.2, 0.25) is 0 Å². The lowest BCUT2D eigenvalue weighted by Crippen LogP contribution is -2.28. The van der Waals surface area contributed by atoms with Gasteiger partial charge in [-0.05, 0) is 18.9 Å². The predicted molar refractivity (Wildman–Crippen MR) is 68.9 cm³/mol. The second kappa shape index (κ2) is 5.08. The number of carbonyl (C=O) groups excluding carboxylic acids is 1. The zero-order valence-electron chi connectivity index (χ0n) is 9.71. The molecule has 1 aromatic carbocycles. The Labute approximate surface area is 93.4 Å². The first-order chi connectivity index (χ1) is 7.06.